The van der Waals surface area contributed by atoms with Crippen LogP contribution in [-0.2, 0) is 0 Å². The third-order valence-corrected chi connectivity index (χ3v) is 3.85. The molecule has 0 amide bonds. The molecule has 0 bridgehead atoms. The molecule has 21 heavy (non-hydrogen) atoms. The van der Waals surface area contributed by atoms with E-state index in [9.17, 15) is 0 Å². The van der Waals surface area contributed by atoms with E-state index in [-0.39, 0.29) is 6.04 Å². The second-order valence-electron chi connectivity index (χ2n) is 4.81. The molecular weight excluding hydrogens is 284 g/mol. The van der Waals surface area contributed by atoms with Crippen LogP contribution in [0.5, 0.6) is 11.5 Å². The van der Waals surface area contributed by atoms with E-state index in [2.05, 4.69) is 11.9 Å². The van der Waals surface area contributed by atoms with Gasteiger partial charge in [-0.3, -0.25) is 0 Å². The van der Waals surface area contributed by atoms with Crippen LogP contribution >= 0.6 is 11.3 Å². The van der Waals surface area contributed by atoms with Crippen molar-refractivity contribution in [1.82, 2.24) is 4.98 Å². The van der Waals surface area contributed by atoms with Gasteiger partial charge in [-0.15, -0.1) is 11.3 Å². The third-order valence-electron chi connectivity index (χ3n) is 2.94. The minimum absolute atomic E-state index is 0.0477. The summed E-state index contributed by atoms with van der Waals surface area (Å²) in [6.07, 6.45) is 0.970. The van der Waals surface area contributed by atoms with Gasteiger partial charge in [0.25, 0.3) is 0 Å². The fourth-order valence-electron chi connectivity index (χ4n) is 1.87. The van der Waals surface area contributed by atoms with Gasteiger partial charge in [0.15, 0.2) is 11.5 Å². The van der Waals surface area contributed by atoms with E-state index in [0.717, 1.165) is 34.2 Å². The van der Waals surface area contributed by atoms with Gasteiger partial charge in [-0.25, -0.2) is 4.98 Å². The fraction of sp³-hybridized carbons (Fsp3) is 0.438. The second-order valence-corrected chi connectivity index (χ2v) is 5.67. The maximum Gasteiger partial charge on any atom is 0.161 e. The van der Waals surface area contributed by atoms with Crippen molar-refractivity contribution in [3.63, 3.8) is 0 Å². The van der Waals surface area contributed by atoms with Crippen molar-refractivity contribution in [2.75, 3.05) is 13.2 Å². The summed E-state index contributed by atoms with van der Waals surface area (Å²) in [6, 6.07) is 5.90. The summed E-state index contributed by atoms with van der Waals surface area (Å²) >= 11 is 1.59. The largest absolute Gasteiger partial charge is 0.490 e. The zero-order chi connectivity index (χ0) is 15.2. The number of thiazole rings is 1. The summed E-state index contributed by atoms with van der Waals surface area (Å²) in [7, 11) is 0. The van der Waals surface area contributed by atoms with Crippen molar-refractivity contribution >= 4 is 11.3 Å². The third kappa shape index (κ3) is 3.95. The molecule has 5 heteroatoms. The number of hydrogen-bond donors (Lipinski definition) is 1. The highest BCUT2D eigenvalue weighted by molar-refractivity contribution is 7.13. The van der Waals surface area contributed by atoms with Gasteiger partial charge in [0, 0.05) is 17.0 Å². The molecule has 1 aromatic carbocycles. The summed E-state index contributed by atoms with van der Waals surface area (Å²) in [6.45, 7) is 7.28. The van der Waals surface area contributed by atoms with Crippen molar-refractivity contribution in [2.24, 2.45) is 5.73 Å². The van der Waals surface area contributed by atoms with E-state index in [4.69, 9.17) is 15.2 Å². The molecule has 0 spiro atoms. The van der Waals surface area contributed by atoms with Crippen molar-refractivity contribution in [2.45, 2.75) is 33.2 Å². The molecule has 0 aliphatic rings. The molecule has 0 saturated heterocycles. The fourth-order valence-corrected chi connectivity index (χ4v) is 2.79. The predicted octanol–water partition coefficient (Wildman–Crippen LogP) is 4.02. The molecule has 0 radical (unpaired) electrons. The van der Waals surface area contributed by atoms with E-state index in [1.807, 2.05) is 37.4 Å². The summed E-state index contributed by atoms with van der Waals surface area (Å²) in [5.74, 6) is 1.55. The number of ether oxygens (including phenoxy) is 2. The molecule has 2 aromatic rings. The molecule has 0 aliphatic carbocycles. The average Bonchev–Trinajstić information content (AvgIpc) is 2.96. The Morgan fingerprint density at radius 1 is 1.24 bits per heavy atom. The van der Waals surface area contributed by atoms with Crippen molar-refractivity contribution in [1.29, 1.82) is 0 Å². The van der Waals surface area contributed by atoms with E-state index in [1.165, 1.54) is 0 Å². The van der Waals surface area contributed by atoms with Crippen molar-refractivity contribution < 1.29 is 9.47 Å². The van der Waals surface area contributed by atoms with Gasteiger partial charge in [0.1, 0.15) is 5.01 Å². The van der Waals surface area contributed by atoms with Crippen LogP contribution in [0.4, 0.5) is 0 Å². The number of nitrogens with two attached hydrogens (primary N) is 1. The molecule has 0 aliphatic heterocycles. The summed E-state index contributed by atoms with van der Waals surface area (Å²) in [4.78, 5) is 4.57. The van der Waals surface area contributed by atoms with E-state index in [0.29, 0.717) is 13.2 Å². The maximum absolute atomic E-state index is 5.86. The van der Waals surface area contributed by atoms with Crippen LogP contribution in [0, 0.1) is 0 Å². The number of aromatic nitrogens is 1. The molecule has 2 N–H and O–H groups in total. The first-order valence-electron chi connectivity index (χ1n) is 7.26. The lowest BCUT2D eigenvalue weighted by Crippen LogP contribution is -2.04. The molecule has 114 valence electrons. The highest BCUT2D eigenvalue weighted by atomic mass is 32.1. The zero-order valence-electron chi connectivity index (χ0n) is 12.8. The van der Waals surface area contributed by atoms with Crippen LogP contribution in [-0.4, -0.2) is 18.2 Å². The van der Waals surface area contributed by atoms with Gasteiger partial charge in [0.05, 0.1) is 18.9 Å². The Hall–Kier alpha value is -1.59. The lowest BCUT2D eigenvalue weighted by molar-refractivity contribution is 0.277. The number of hydrogen-bond acceptors (Lipinski definition) is 5. The van der Waals surface area contributed by atoms with E-state index < -0.39 is 0 Å². The molecule has 0 fully saturated rings. The summed E-state index contributed by atoms with van der Waals surface area (Å²) in [5.41, 5.74) is 7.80. The number of nitrogens with zero attached hydrogens (tertiary/aromatic N) is 1. The van der Waals surface area contributed by atoms with E-state index in [1.54, 1.807) is 11.3 Å². The first kappa shape index (κ1) is 15.8. The SMILES string of the molecule is CCCOc1ccc(-c2nc(C(C)N)cs2)cc1OCC. The van der Waals surface area contributed by atoms with Crippen molar-refractivity contribution in [3.05, 3.63) is 29.3 Å². The highest BCUT2D eigenvalue weighted by Gasteiger charge is 2.11. The minimum Gasteiger partial charge on any atom is -0.490 e. The molecule has 1 aromatic heterocycles. The average molecular weight is 306 g/mol. The Morgan fingerprint density at radius 2 is 2.05 bits per heavy atom. The second kappa shape index (κ2) is 7.43. The Morgan fingerprint density at radius 3 is 2.67 bits per heavy atom. The Labute approximate surface area is 129 Å². The minimum atomic E-state index is -0.0477. The molecule has 1 unspecified atom stereocenters. The molecule has 1 heterocycles. The Bertz CT molecular complexity index is 581. The first-order chi connectivity index (χ1) is 10.2. The lowest BCUT2D eigenvalue weighted by atomic mass is 10.2. The van der Waals surface area contributed by atoms with Crippen LogP contribution in [0.15, 0.2) is 23.6 Å². The Balaban J connectivity index is 2.29. The van der Waals surface area contributed by atoms with Crippen LogP contribution in [0.3, 0.4) is 0 Å². The van der Waals surface area contributed by atoms with Crippen LogP contribution in [0.2, 0.25) is 0 Å². The normalized spacial score (nSPS) is 12.2. The molecular formula is C16H22N2O2S. The van der Waals surface area contributed by atoms with Crippen LogP contribution in [0.1, 0.15) is 38.9 Å². The van der Waals surface area contributed by atoms with Crippen LogP contribution < -0.4 is 15.2 Å². The number of rotatable bonds is 7. The standard InChI is InChI=1S/C16H22N2O2S/c1-4-8-20-14-7-6-12(9-15(14)19-5-2)16-18-13(10-21-16)11(3)17/h6-7,9-11H,4-5,8,17H2,1-3H3. The summed E-state index contributed by atoms with van der Waals surface area (Å²) in [5, 5.41) is 2.95. The zero-order valence-corrected chi connectivity index (χ0v) is 13.6. The lowest BCUT2D eigenvalue weighted by Gasteiger charge is -2.12. The highest BCUT2D eigenvalue weighted by Crippen LogP contribution is 2.34. The topological polar surface area (TPSA) is 57.4 Å². The van der Waals surface area contributed by atoms with Crippen LogP contribution in [0.25, 0.3) is 10.6 Å². The van der Waals surface area contributed by atoms with Gasteiger partial charge in [-0.05, 0) is 38.5 Å². The number of benzene rings is 1. The molecule has 0 saturated carbocycles. The first-order valence-corrected chi connectivity index (χ1v) is 8.14. The van der Waals surface area contributed by atoms with Crippen molar-refractivity contribution in [3.8, 4) is 22.1 Å². The Kier molecular flexibility index (Phi) is 5.59. The van der Waals surface area contributed by atoms with Gasteiger partial charge >= 0.3 is 0 Å². The molecule has 4 nitrogen and oxygen atoms in total. The van der Waals surface area contributed by atoms with Gasteiger partial charge in [0.2, 0.25) is 0 Å². The monoisotopic (exact) mass is 306 g/mol. The van der Waals surface area contributed by atoms with E-state index >= 15 is 0 Å². The van der Waals surface area contributed by atoms with Gasteiger partial charge in [-0.1, -0.05) is 6.92 Å². The smallest absolute Gasteiger partial charge is 0.161 e. The van der Waals surface area contributed by atoms with Gasteiger partial charge in [-0.2, -0.15) is 0 Å². The van der Waals surface area contributed by atoms with Gasteiger partial charge < -0.3 is 15.2 Å². The maximum atomic E-state index is 5.86. The summed E-state index contributed by atoms with van der Waals surface area (Å²) < 4.78 is 11.4. The molecule has 2 rings (SSSR count). The quantitative estimate of drug-likeness (QED) is 0.839. The molecule has 1 atom stereocenters. The predicted molar refractivity (Wildman–Crippen MR) is 87.1 cm³/mol.